The van der Waals surface area contributed by atoms with Crippen LogP contribution in [-0.4, -0.2) is 37.1 Å². The average molecular weight is 690 g/mol. The number of aryl methyl sites for hydroxylation is 2. The fraction of sp³-hybridized carbons (Fsp3) is 0.250. The van der Waals surface area contributed by atoms with Crippen molar-refractivity contribution in [3.8, 4) is 0 Å². The summed E-state index contributed by atoms with van der Waals surface area (Å²) in [6.07, 6.45) is 0.695. The van der Waals surface area contributed by atoms with Crippen LogP contribution in [0.2, 0.25) is 0 Å². The maximum Gasteiger partial charge on any atom is 1.00 e. The van der Waals surface area contributed by atoms with Crippen LogP contribution in [0.15, 0.2) is 57.5 Å². The number of benzene rings is 2. The van der Waals surface area contributed by atoms with Crippen LogP contribution in [0, 0.1) is 0 Å². The third kappa shape index (κ3) is 21.5. The largest absolute Gasteiger partial charge is 1.00 e. The molecule has 31 heavy (non-hydrogen) atoms. The van der Waals surface area contributed by atoms with Gasteiger partial charge < -0.3 is 4.55 Å². The third-order valence-corrected chi connectivity index (χ3v) is 6.56. The van der Waals surface area contributed by atoms with Crippen LogP contribution in [0.4, 0.5) is 0 Å². The molecule has 0 aliphatic heterocycles. The van der Waals surface area contributed by atoms with Gasteiger partial charge in [-0.15, -0.1) is 0 Å². The molecule has 6 nitrogen and oxygen atoms in total. The van der Waals surface area contributed by atoms with E-state index in [0.29, 0.717) is 6.42 Å². The summed E-state index contributed by atoms with van der Waals surface area (Å²) in [5.41, 5.74) is 1.79. The van der Waals surface area contributed by atoms with E-state index in [1.54, 1.807) is 12.1 Å². The van der Waals surface area contributed by atoms with E-state index in [9.17, 15) is 21.4 Å². The van der Waals surface area contributed by atoms with Crippen molar-refractivity contribution in [1.82, 2.24) is 0 Å². The molecule has 0 aliphatic carbocycles. The van der Waals surface area contributed by atoms with E-state index in [-0.39, 0.29) is 47.5 Å². The molecule has 0 unspecified atom stereocenters. The summed E-state index contributed by atoms with van der Waals surface area (Å²) in [5, 5.41) is 0. The van der Waals surface area contributed by atoms with E-state index < -0.39 is 28.4 Å². The predicted molar refractivity (Wildman–Crippen MR) is 130 cm³/mol. The maximum absolute atomic E-state index is 10.7. The zero-order valence-electron chi connectivity index (χ0n) is 16.0. The van der Waals surface area contributed by atoms with Gasteiger partial charge in [-0.25, -0.2) is 21.0 Å². The molecule has 0 saturated carbocycles. The summed E-state index contributed by atoms with van der Waals surface area (Å²) in [7, 11) is 4.95. The van der Waals surface area contributed by atoms with Crippen LogP contribution in [-0.2, 0) is 41.2 Å². The first-order chi connectivity index (χ1) is 13.7. The van der Waals surface area contributed by atoms with Crippen molar-refractivity contribution < 1.29 is 55.2 Å². The van der Waals surface area contributed by atoms with Gasteiger partial charge in [0, 0.05) is 46.7 Å². The number of rotatable bonds is 6. The minimum Gasteiger partial charge on any atom is -0.748 e. The quantitative estimate of drug-likeness (QED) is 0.262. The Balaban J connectivity index is 0. The van der Waals surface area contributed by atoms with Gasteiger partial charge in [0.25, 0.3) is 0 Å². The van der Waals surface area contributed by atoms with Crippen molar-refractivity contribution in [2.75, 3.05) is 11.5 Å². The van der Waals surface area contributed by atoms with Crippen LogP contribution in [0.25, 0.3) is 0 Å². The fourth-order valence-electron chi connectivity index (χ4n) is 1.87. The van der Waals surface area contributed by atoms with Gasteiger partial charge in [-0.2, -0.15) is 0 Å². The smallest absolute Gasteiger partial charge is 0.748 e. The van der Waals surface area contributed by atoms with Gasteiger partial charge >= 0.3 is 29.6 Å². The molecule has 0 spiro atoms. The van der Waals surface area contributed by atoms with Crippen molar-refractivity contribution in [3.05, 3.63) is 68.6 Å². The van der Waals surface area contributed by atoms with Gasteiger partial charge in [0.1, 0.15) is 0 Å². The maximum atomic E-state index is 10.7. The van der Waals surface area contributed by atoms with Crippen LogP contribution in [0.1, 0.15) is 11.1 Å². The van der Waals surface area contributed by atoms with Crippen molar-refractivity contribution in [2.45, 2.75) is 12.8 Å². The molecule has 0 amide bonds. The van der Waals surface area contributed by atoms with Crippen LogP contribution in [0.3, 0.4) is 0 Å². The van der Waals surface area contributed by atoms with Gasteiger partial charge in [-0.1, -0.05) is 68.3 Å². The fourth-order valence-corrected chi connectivity index (χ4v) is 4.00. The van der Waals surface area contributed by atoms with E-state index in [1.807, 2.05) is 36.4 Å². The van der Waals surface area contributed by atoms with E-state index >= 15 is 0 Å². The van der Waals surface area contributed by atoms with Gasteiger partial charge in [0.15, 0.2) is 0 Å². The molecule has 0 saturated heterocycles. The topological polar surface area (TPSA) is 108 Å². The van der Waals surface area contributed by atoms with Gasteiger partial charge in [-0.3, -0.25) is 0 Å². The first kappa shape index (κ1) is 34.4. The van der Waals surface area contributed by atoms with Crippen molar-refractivity contribution >= 4 is 92.3 Å². The molecule has 0 radical (unpaired) electrons. The Morgan fingerprint density at radius 2 is 1.13 bits per heavy atom. The summed E-state index contributed by atoms with van der Waals surface area (Å²) in [6.45, 7) is 0. The second kappa shape index (κ2) is 17.7. The van der Waals surface area contributed by atoms with E-state index in [0.717, 1.165) is 20.1 Å². The molecule has 2 rings (SSSR count). The zero-order valence-corrected chi connectivity index (χ0v) is 25.9. The van der Waals surface area contributed by atoms with Crippen molar-refractivity contribution in [3.63, 3.8) is 0 Å². The predicted octanol–water partition coefficient (Wildman–Crippen LogP) is 2.14. The SMILES string of the molecule is O=S(=O)(Cl)CCc1ccccc1Br.O=S(=O)([O-])CCc1ccccc1Br.O=S(Cl)Cl.[Na+]. The average Bonchev–Trinajstić information content (AvgIpc) is 2.59. The van der Waals surface area contributed by atoms with E-state index in [1.165, 1.54) is 0 Å². The van der Waals surface area contributed by atoms with Gasteiger partial charge in [0.05, 0.1) is 15.9 Å². The number of hydrogen-bond acceptors (Lipinski definition) is 6. The minimum atomic E-state index is -4.11. The summed E-state index contributed by atoms with van der Waals surface area (Å²) < 4.78 is 63.2. The first-order valence-corrected chi connectivity index (χ1v) is 16.2. The van der Waals surface area contributed by atoms with E-state index in [4.69, 9.17) is 14.9 Å². The number of hydrogen-bond donors (Lipinski definition) is 0. The summed E-state index contributed by atoms with van der Waals surface area (Å²) >= 11 is 6.59. The Morgan fingerprint density at radius 3 is 1.42 bits per heavy atom. The molecular formula is C16H16Br2Cl3NaO6S3. The zero-order chi connectivity index (χ0) is 23.4. The molecule has 170 valence electrons. The molecule has 0 N–H and O–H groups in total. The van der Waals surface area contributed by atoms with Crippen molar-refractivity contribution in [1.29, 1.82) is 0 Å². The minimum absolute atomic E-state index is 0. The molecule has 15 heteroatoms. The Labute approximate surface area is 237 Å². The summed E-state index contributed by atoms with van der Waals surface area (Å²) in [6, 6.07) is 14.7. The summed E-state index contributed by atoms with van der Waals surface area (Å²) in [5.74, 6) is -0.382. The molecule has 0 fully saturated rings. The Kier molecular flexibility index (Phi) is 19.6. The number of halogens is 5. The molecule has 2 aromatic carbocycles. The molecular weight excluding hydrogens is 674 g/mol. The molecule has 0 atom stereocenters. The molecule has 0 bridgehead atoms. The third-order valence-electron chi connectivity index (χ3n) is 3.15. The van der Waals surface area contributed by atoms with E-state index in [2.05, 4.69) is 53.2 Å². The van der Waals surface area contributed by atoms with Crippen molar-refractivity contribution in [2.24, 2.45) is 0 Å². The standard InChI is InChI=1S/C8H8BrClO2S.C8H9BrO3S.Cl2OS.Na/c2*9-8-4-2-1-3-7(8)5-6-13(10,11)12;1-4(2)3;/h1-4H,5-6H2;1-4H,5-6H2,(H,10,11,12);;/q;;;+1/p-1. The Bertz CT molecular complexity index is 959. The summed E-state index contributed by atoms with van der Waals surface area (Å²) in [4.78, 5) is 0. The molecule has 0 aromatic heterocycles. The molecule has 0 aliphatic rings. The molecule has 2 aromatic rings. The first-order valence-electron chi connectivity index (χ1n) is 7.78. The normalized spacial score (nSPS) is 10.8. The van der Waals surface area contributed by atoms with Crippen LogP contribution in [0.5, 0.6) is 0 Å². The molecule has 0 heterocycles. The second-order valence-electron chi connectivity index (χ2n) is 5.37. The van der Waals surface area contributed by atoms with Crippen LogP contribution < -0.4 is 29.6 Å². The van der Waals surface area contributed by atoms with Crippen LogP contribution >= 0.6 is 63.9 Å². The Morgan fingerprint density at radius 1 is 0.806 bits per heavy atom. The monoisotopic (exact) mass is 686 g/mol. The van der Waals surface area contributed by atoms with Gasteiger partial charge in [0.2, 0.25) is 18.3 Å². The van der Waals surface area contributed by atoms with Gasteiger partial charge in [-0.05, 0) is 36.1 Å². The Hall–Kier alpha value is 1.28. The second-order valence-corrected chi connectivity index (χ2v) is 14.0.